The first-order valence-corrected chi connectivity index (χ1v) is 13.8. The highest BCUT2D eigenvalue weighted by Gasteiger charge is 2.33. The summed E-state index contributed by atoms with van der Waals surface area (Å²) >= 11 is 19.8. The molecule has 1 fully saturated rings. The molecule has 3 aromatic rings. The maximum absolute atomic E-state index is 14.0. The van der Waals surface area contributed by atoms with Gasteiger partial charge in [-0.3, -0.25) is 4.90 Å². The number of hydrogen-bond acceptors (Lipinski definition) is 3. The van der Waals surface area contributed by atoms with Gasteiger partial charge >= 0.3 is 6.03 Å². The molecule has 0 saturated carbocycles. The summed E-state index contributed by atoms with van der Waals surface area (Å²) < 4.78 is 14.0. The molecule has 0 atom stereocenters. The number of hydrogen-bond donors (Lipinski definition) is 2. The first-order valence-electron chi connectivity index (χ1n) is 12.7. The molecule has 2 amide bonds. The first kappa shape index (κ1) is 27.2. The van der Waals surface area contributed by atoms with Crippen molar-refractivity contribution in [2.24, 2.45) is 0 Å². The van der Waals surface area contributed by atoms with Crippen LogP contribution in [-0.4, -0.2) is 35.2 Å². The molecule has 9 heteroatoms. The van der Waals surface area contributed by atoms with Crippen molar-refractivity contribution in [3.05, 3.63) is 80.0 Å². The molecule has 0 radical (unpaired) electrons. The summed E-state index contributed by atoms with van der Waals surface area (Å²) in [6.07, 6.45) is 1.96. The predicted octanol–water partition coefficient (Wildman–Crippen LogP) is 7.89. The lowest BCUT2D eigenvalue weighted by molar-refractivity contribution is 0.172. The molecule has 38 heavy (non-hydrogen) atoms. The minimum atomic E-state index is -0.415. The zero-order valence-electron chi connectivity index (χ0n) is 21.2. The number of carbonyl (C=O) groups is 1. The van der Waals surface area contributed by atoms with Crippen LogP contribution >= 0.6 is 34.8 Å². The summed E-state index contributed by atoms with van der Waals surface area (Å²) in [5.74, 6) is -0.134. The van der Waals surface area contributed by atoms with Gasteiger partial charge in [0.15, 0.2) is 0 Å². The Morgan fingerprint density at radius 3 is 2.29 bits per heavy atom. The van der Waals surface area contributed by atoms with Crippen LogP contribution in [0.1, 0.15) is 49.3 Å². The van der Waals surface area contributed by atoms with Crippen LogP contribution in [0, 0.1) is 5.82 Å². The number of aliphatic hydroxyl groups excluding tert-OH is 1. The van der Waals surface area contributed by atoms with Gasteiger partial charge < -0.3 is 15.3 Å². The number of fused-ring (bicyclic) bond motifs is 1. The Morgan fingerprint density at radius 1 is 1.00 bits per heavy atom. The summed E-state index contributed by atoms with van der Waals surface area (Å²) in [4.78, 5) is 17.3. The molecule has 0 aliphatic carbocycles. The number of carbonyl (C=O) groups excluding carboxylic acids is 1. The van der Waals surface area contributed by atoms with E-state index in [0.717, 1.165) is 42.6 Å². The normalized spacial score (nSPS) is 16.6. The number of amides is 2. The van der Waals surface area contributed by atoms with E-state index >= 15 is 0 Å². The van der Waals surface area contributed by atoms with Gasteiger partial charge in [-0.15, -0.1) is 0 Å². The minimum absolute atomic E-state index is 0.227. The van der Waals surface area contributed by atoms with Gasteiger partial charge in [-0.1, -0.05) is 40.9 Å². The zero-order valence-corrected chi connectivity index (χ0v) is 23.5. The second-order valence-electron chi connectivity index (χ2n) is 10.2. The zero-order chi connectivity index (χ0) is 27.1. The van der Waals surface area contributed by atoms with Gasteiger partial charge in [-0.25, -0.2) is 9.18 Å². The molecule has 0 bridgehead atoms. The maximum Gasteiger partial charge on any atom is 0.326 e. The molecule has 0 aromatic heterocycles. The monoisotopic (exact) mass is 575 g/mol. The number of piperidine rings is 1. The highest BCUT2D eigenvalue weighted by atomic mass is 35.5. The average molecular weight is 577 g/mol. The number of nitrogens with one attached hydrogen (secondary N) is 1. The second kappa shape index (κ2) is 11.0. The number of aliphatic hydroxyl groups is 1. The van der Waals surface area contributed by atoms with E-state index in [0.29, 0.717) is 33.6 Å². The smallest absolute Gasteiger partial charge is 0.326 e. The van der Waals surface area contributed by atoms with E-state index in [2.05, 4.69) is 36.2 Å². The molecular weight excluding hydrogens is 548 g/mol. The van der Waals surface area contributed by atoms with Crippen LogP contribution in [0.4, 0.5) is 20.6 Å². The number of nitrogens with zero attached hydrogens (tertiary/aromatic N) is 2. The number of anilines is 2. The summed E-state index contributed by atoms with van der Waals surface area (Å²) in [7, 11) is 0. The van der Waals surface area contributed by atoms with Gasteiger partial charge in [0.1, 0.15) is 5.82 Å². The third-order valence-corrected chi connectivity index (χ3v) is 8.43. The average Bonchev–Trinajstić information content (AvgIpc) is 2.89. The van der Waals surface area contributed by atoms with Crippen LogP contribution in [-0.2, 0) is 13.2 Å². The van der Waals surface area contributed by atoms with Gasteiger partial charge in [-0.05, 0) is 98.8 Å². The van der Waals surface area contributed by atoms with Gasteiger partial charge in [-0.2, -0.15) is 0 Å². The Balaban J connectivity index is 1.70. The molecule has 5 rings (SSSR count). The number of likely N-dealkylation sites (tertiary alicyclic amines) is 1. The molecule has 3 aromatic carbocycles. The van der Waals surface area contributed by atoms with Crippen molar-refractivity contribution in [1.29, 1.82) is 0 Å². The Kier molecular flexibility index (Phi) is 7.90. The van der Waals surface area contributed by atoms with Gasteiger partial charge in [0.05, 0.1) is 33.0 Å². The van der Waals surface area contributed by atoms with Crippen molar-refractivity contribution in [3.63, 3.8) is 0 Å². The first-order chi connectivity index (χ1) is 18.2. The van der Waals surface area contributed by atoms with Crippen LogP contribution < -0.4 is 10.2 Å². The molecule has 200 valence electrons. The Bertz CT molecular complexity index is 1370. The van der Waals surface area contributed by atoms with Crippen LogP contribution in [0.15, 0.2) is 42.5 Å². The maximum atomic E-state index is 14.0. The number of halogens is 4. The summed E-state index contributed by atoms with van der Waals surface area (Å²) in [5, 5.41) is 13.3. The minimum Gasteiger partial charge on any atom is -0.392 e. The van der Waals surface area contributed by atoms with Crippen molar-refractivity contribution >= 4 is 52.2 Å². The SMILES string of the molecule is CC(C)N1CCC(c2cc(-c3ccc(F)cc3Cl)c3c(c2)N(c2c(Cl)cc(CO)cc2Cl)C(=O)NC3)CC1. The number of benzene rings is 3. The van der Waals surface area contributed by atoms with Gasteiger partial charge in [0, 0.05) is 23.7 Å². The Morgan fingerprint density at radius 2 is 1.68 bits per heavy atom. The van der Waals surface area contributed by atoms with Crippen molar-refractivity contribution in [3.8, 4) is 11.1 Å². The summed E-state index contributed by atoms with van der Waals surface area (Å²) in [5.41, 5.74) is 4.99. The molecule has 0 spiro atoms. The van der Waals surface area contributed by atoms with E-state index in [4.69, 9.17) is 34.8 Å². The highest BCUT2D eigenvalue weighted by Crippen LogP contribution is 2.46. The molecular formula is C29H29Cl3FN3O2. The molecule has 1 saturated heterocycles. The molecule has 0 unspecified atom stereocenters. The topological polar surface area (TPSA) is 55.8 Å². The van der Waals surface area contributed by atoms with Crippen molar-refractivity contribution < 1.29 is 14.3 Å². The quantitative estimate of drug-likeness (QED) is 0.325. The lowest BCUT2D eigenvalue weighted by Gasteiger charge is -2.37. The molecule has 2 aliphatic rings. The van der Waals surface area contributed by atoms with E-state index in [-0.39, 0.29) is 35.1 Å². The molecule has 2 N–H and O–H groups in total. The largest absolute Gasteiger partial charge is 0.392 e. The highest BCUT2D eigenvalue weighted by molar-refractivity contribution is 6.40. The van der Waals surface area contributed by atoms with Crippen molar-refractivity contribution in [2.45, 2.75) is 51.8 Å². The molecule has 2 heterocycles. The van der Waals surface area contributed by atoms with E-state index < -0.39 is 5.82 Å². The number of rotatable bonds is 5. The van der Waals surface area contributed by atoms with Crippen molar-refractivity contribution in [1.82, 2.24) is 10.2 Å². The predicted molar refractivity (Wildman–Crippen MR) is 152 cm³/mol. The Labute approximate surface area is 237 Å². The number of urea groups is 1. The van der Waals surface area contributed by atoms with Crippen LogP contribution in [0.3, 0.4) is 0 Å². The van der Waals surface area contributed by atoms with E-state index in [1.54, 1.807) is 18.2 Å². The second-order valence-corrected chi connectivity index (χ2v) is 11.4. The lowest BCUT2D eigenvalue weighted by Crippen LogP contribution is -2.42. The van der Waals surface area contributed by atoms with Gasteiger partial charge in [0.2, 0.25) is 0 Å². The van der Waals surface area contributed by atoms with Crippen molar-refractivity contribution in [2.75, 3.05) is 18.0 Å². The summed E-state index contributed by atoms with van der Waals surface area (Å²) in [6.45, 7) is 6.42. The standard InChI is InChI=1S/C29H29Cl3FN3O2/c1-16(2)35-7-5-18(6-8-35)19-11-22(21-4-3-20(33)13-24(21)30)23-14-34-29(38)36(27(23)12-19)28-25(31)9-17(15-37)10-26(28)32/h3-4,9-13,16,18,37H,5-8,14-15H2,1-2H3,(H,34,38). The molecule has 5 nitrogen and oxygen atoms in total. The fourth-order valence-electron chi connectivity index (χ4n) is 5.49. The Hall–Kier alpha value is -2.35. The van der Waals surface area contributed by atoms with Gasteiger partial charge in [0.25, 0.3) is 0 Å². The third-order valence-electron chi connectivity index (χ3n) is 7.54. The van der Waals surface area contributed by atoms with Crippen LogP contribution in [0.25, 0.3) is 11.1 Å². The lowest BCUT2D eigenvalue weighted by atomic mass is 9.84. The van der Waals surface area contributed by atoms with Crippen LogP contribution in [0.5, 0.6) is 0 Å². The van der Waals surface area contributed by atoms with Crippen LogP contribution in [0.2, 0.25) is 15.1 Å². The fourth-order valence-corrected chi connectivity index (χ4v) is 6.46. The summed E-state index contributed by atoms with van der Waals surface area (Å²) in [6, 6.07) is 11.9. The van der Waals surface area contributed by atoms with E-state index in [1.807, 2.05) is 0 Å². The fraction of sp³-hybridized carbons (Fsp3) is 0.345. The van der Waals surface area contributed by atoms with E-state index in [9.17, 15) is 14.3 Å². The van der Waals surface area contributed by atoms with E-state index in [1.165, 1.54) is 17.0 Å². The third kappa shape index (κ3) is 5.13. The molecule has 2 aliphatic heterocycles.